The standard InChI is InChI=1S/C13H15NO3S2/c1-18-13(6-7-13)8-14-12(17)10-4-2-9(19-10)3-5-11(15)16/h2-5H,6-8H2,1H3,(H,14,17)(H,15,16)/b5-3+. The molecule has 0 radical (unpaired) electrons. The third-order valence-electron chi connectivity index (χ3n) is 3.05. The topological polar surface area (TPSA) is 66.4 Å². The van der Waals surface area contributed by atoms with Crippen LogP contribution in [0.1, 0.15) is 27.4 Å². The molecule has 1 amide bonds. The van der Waals surface area contributed by atoms with Crippen LogP contribution in [0.15, 0.2) is 18.2 Å². The molecule has 0 aromatic carbocycles. The maximum Gasteiger partial charge on any atom is 0.328 e. The summed E-state index contributed by atoms with van der Waals surface area (Å²) in [4.78, 5) is 23.7. The van der Waals surface area contributed by atoms with Gasteiger partial charge in [-0.25, -0.2) is 4.79 Å². The first-order valence-corrected chi connectivity index (χ1v) is 7.93. The van der Waals surface area contributed by atoms with Crippen LogP contribution in [-0.4, -0.2) is 34.5 Å². The van der Waals surface area contributed by atoms with Crippen molar-refractivity contribution in [3.63, 3.8) is 0 Å². The van der Waals surface area contributed by atoms with Crippen molar-refractivity contribution in [1.82, 2.24) is 5.32 Å². The van der Waals surface area contributed by atoms with E-state index in [1.165, 1.54) is 17.4 Å². The lowest BCUT2D eigenvalue weighted by Crippen LogP contribution is -2.31. The van der Waals surface area contributed by atoms with Crippen LogP contribution < -0.4 is 5.32 Å². The molecule has 0 bridgehead atoms. The van der Waals surface area contributed by atoms with Gasteiger partial charge in [0.05, 0.1) is 4.88 Å². The predicted molar refractivity (Wildman–Crippen MR) is 78.8 cm³/mol. The van der Waals surface area contributed by atoms with E-state index >= 15 is 0 Å². The summed E-state index contributed by atoms with van der Waals surface area (Å²) in [6.07, 6.45) is 6.95. The summed E-state index contributed by atoms with van der Waals surface area (Å²) in [7, 11) is 0. The van der Waals surface area contributed by atoms with Crippen molar-refractivity contribution < 1.29 is 14.7 Å². The Labute approximate surface area is 119 Å². The molecular weight excluding hydrogens is 282 g/mol. The average Bonchev–Trinajstić information content (AvgIpc) is 3.02. The highest BCUT2D eigenvalue weighted by atomic mass is 32.2. The molecule has 1 aromatic rings. The monoisotopic (exact) mass is 297 g/mol. The maximum absolute atomic E-state index is 11.9. The molecule has 0 aliphatic heterocycles. The largest absolute Gasteiger partial charge is 0.478 e. The van der Waals surface area contributed by atoms with Crippen LogP contribution in [0, 0.1) is 0 Å². The van der Waals surface area contributed by atoms with Crippen molar-refractivity contribution in [3.05, 3.63) is 28.0 Å². The lowest BCUT2D eigenvalue weighted by molar-refractivity contribution is -0.131. The zero-order chi connectivity index (χ0) is 13.9. The number of thioether (sulfide) groups is 1. The normalized spacial score (nSPS) is 16.5. The molecule has 0 spiro atoms. The van der Waals surface area contributed by atoms with E-state index in [2.05, 4.69) is 11.6 Å². The van der Waals surface area contributed by atoms with Crippen LogP contribution in [0.25, 0.3) is 6.08 Å². The molecule has 1 aliphatic carbocycles. The van der Waals surface area contributed by atoms with Crippen LogP contribution in [0.3, 0.4) is 0 Å². The van der Waals surface area contributed by atoms with Crippen LogP contribution in [-0.2, 0) is 4.79 Å². The van der Waals surface area contributed by atoms with Crippen molar-refractivity contribution in [1.29, 1.82) is 0 Å². The number of hydrogen-bond donors (Lipinski definition) is 2. The van der Waals surface area contributed by atoms with Crippen LogP contribution >= 0.6 is 23.1 Å². The number of nitrogens with one attached hydrogen (secondary N) is 1. The van der Waals surface area contributed by atoms with E-state index in [1.807, 2.05) is 0 Å². The fourth-order valence-corrected chi connectivity index (χ4v) is 3.19. The number of amides is 1. The minimum absolute atomic E-state index is 0.0831. The molecule has 1 heterocycles. The summed E-state index contributed by atoms with van der Waals surface area (Å²) in [5.41, 5.74) is 0. The Bertz CT molecular complexity index is 518. The van der Waals surface area contributed by atoms with E-state index in [9.17, 15) is 9.59 Å². The van der Waals surface area contributed by atoms with E-state index in [0.29, 0.717) is 11.4 Å². The van der Waals surface area contributed by atoms with Crippen molar-refractivity contribution in [2.24, 2.45) is 0 Å². The number of rotatable bonds is 6. The molecule has 1 saturated carbocycles. The molecule has 1 aliphatic rings. The number of carbonyl (C=O) groups is 2. The Hall–Kier alpha value is -1.27. The average molecular weight is 297 g/mol. The fraction of sp³-hybridized carbons (Fsp3) is 0.385. The van der Waals surface area contributed by atoms with Gasteiger partial charge in [-0.15, -0.1) is 11.3 Å². The summed E-state index contributed by atoms with van der Waals surface area (Å²) in [5.74, 6) is -1.07. The second-order valence-corrected chi connectivity index (χ2v) is 6.83. The number of carboxylic acids is 1. The lowest BCUT2D eigenvalue weighted by atomic mass is 10.3. The predicted octanol–water partition coefficient (Wildman–Crippen LogP) is 2.47. The summed E-state index contributed by atoms with van der Waals surface area (Å²) in [5, 5.41) is 11.5. The van der Waals surface area contributed by atoms with Gasteiger partial charge < -0.3 is 10.4 Å². The van der Waals surface area contributed by atoms with Gasteiger partial charge >= 0.3 is 5.97 Å². The van der Waals surface area contributed by atoms with Gasteiger partial charge in [-0.2, -0.15) is 11.8 Å². The third kappa shape index (κ3) is 3.84. The van der Waals surface area contributed by atoms with E-state index in [-0.39, 0.29) is 10.7 Å². The first kappa shape index (κ1) is 14.1. The highest BCUT2D eigenvalue weighted by molar-refractivity contribution is 8.00. The smallest absolute Gasteiger partial charge is 0.328 e. The van der Waals surface area contributed by atoms with Crippen molar-refractivity contribution >= 4 is 41.1 Å². The van der Waals surface area contributed by atoms with Gasteiger partial charge in [-0.3, -0.25) is 4.79 Å². The molecular formula is C13H15NO3S2. The first-order valence-electron chi connectivity index (χ1n) is 5.89. The minimum Gasteiger partial charge on any atom is -0.478 e. The molecule has 102 valence electrons. The highest BCUT2D eigenvalue weighted by Gasteiger charge is 2.41. The van der Waals surface area contributed by atoms with E-state index in [0.717, 1.165) is 23.8 Å². The maximum atomic E-state index is 11.9. The van der Waals surface area contributed by atoms with Crippen LogP contribution in [0.4, 0.5) is 0 Å². The zero-order valence-electron chi connectivity index (χ0n) is 10.5. The van der Waals surface area contributed by atoms with Gasteiger partial charge in [-0.05, 0) is 37.3 Å². The molecule has 0 saturated heterocycles. The second kappa shape index (κ2) is 5.79. The Balaban J connectivity index is 1.91. The fourth-order valence-electron chi connectivity index (χ4n) is 1.64. The highest BCUT2D eigenvalue weighted by Crippen LogP contribution is 2.46. The minimum atomic E-state index is -0.991. The van der Waals surface area contributed by atoms with Gasteiger partial charge in [0, 0.05) is 22.2 Å². The number of carbonyl (C=O) groups excluding carboxylic acids is 1. The molecule has 1 fully saturated rings. The van der Waals surface area contributed by atoms with Crippen molar-refractivity contribution in [2.45, 2.75) is 17.6 Å². The molecule has 19 heavy (non-hydrogen) atoms. The van der Waals surface area contributed by atoms with Crippen molar-refractivity contribution in [3.8, 4) is 0 Å². The van der Waals surface area contributed by atoms with Gasteiger partial charge in [0.15, 0.2) is 0 Å². The van der Waals surface area contributed by atoms with Gasteiger partial charge in [0.25, 0.3) is 5.91 Å². The number of thiophene rings is 1. The summed E-state index contributed by atoms with van der Waals surface area (Å²) >= 11 is 3.10. The number of carboxylic acid groups (broad SMARTS) is 1. The SMILES string of the molecule is CSC1(CNC(=O)c2ccc(/C=C/C(=O)O)s2)CC1. The Morgan fingerprint density at radius 3 is 2.84 bits per heavy atom. The molecule has 0 atom stereocenters. The van der Waals surface area contributed by atoms with Crippen molar-refractivity contribution in [2.75, 3.05) is 12.8 Å². The number of hydrogen-bond acceptors (Lipinski definition) is 4. The summed E-state index contributed by atoms with van der Waals surface area (Å²) in [6, 6.07) is 3.47. The number of aliphatic carboxylic acids is 1. The van der Waals surface area contributed by atoms with Gasteiger partial charge in [0.1, 0.15) is 0 Å². The summed E-state index contributed by atoms with van der Waals surface area (Å²) in [6.45, 7) is 0.700. The van der Waals surface area contributed by atoms with E-state index < -0.39 is 5.97 Å². The molecule has 2 rings (SSSR count). The van der Waals surface area contributed by atoms with E-state index in [1.54, 1.807) is 23.9 Å². The molecule has 4 nitrogen and oxygen atoms in total. The molecule has 0 unspecified atom stereocenters. The molecule has 1 aromatic heterocycles. The lowest BCUT2D eigenvalue weighted by Gasteiger charge is -2.12. The third-order valence-corrected chi connectivity index (χ3v) is 5.52. The second-order valence-electron chi connectivity index (χ2n) is 4.44. The van der Waals surface area contributed by atoms with Crippen LogP contribution in [0.2, 0.25) is 0 Å². The van der Waals surface area contributed by atoms with Crippen LogP contribution in [0.5, 0.6) is 0 Å². The summed E-state index contributed by atoms with van der Waals surface area (Å²) < 4.78 is 0.249. The zero-order valence-corrected chi connectivity index (χ0v) is 12.1. The Morgan fingerprint density at radius 2 is 2.26 bits per heavy atom. The Kier molecular flexibility index (Phi) is 4.31. The quantitative estimate of drug-likeness (QED) is 0.792. The van der Waals surface area contributed by atoms with E-state index in [4.69, 9.17) is 5.11 Å². The molecule has 2 N–H and O–H groups in total. The van der Waals surface area contributed by atoms with Gasteiger partial charge in [-0.1, -0.05) is 0 Å². The molecule has 6 heteroatoms. The van der Waals surface area contributed by atoms with Gasteiger partial charge in [0.2, 0.25) is 0 Å². The Morgan fingerprint density at radius 1 is 1.53 bits per heavy atom. The first-order chi connectivity index (χ1) is 9.04.